The number of methoxy groups -OCH3 is 1. The van der Waals surface area contributed by atoms with Gasteiger partial charge in [0.2, 0.25) is 20.0 Å². The van der Waals surface area contributed by atoms with Crippen LogP contribution in [0.2, 0.25) is 0 Å². The van der Waals surface area contributed by atoms with Crippen molar-refractivity contribution in [1.29, 1.82) is 0 Å². The third-order valence-corrected chi connectivity index (χ3v) is 6.52. The van der Waals surface area contributed by atoms with Gasteiger partial charge in [0.1, 0.15) is 10.6 Å². The average Bonchev–Trinajstić information content (AvgIpc) is 2.60. The number of sulfonamides is 2. The molecule has 0 aromatic heterocycles. The van der Waals surface area contributed by atoms with Gasteiger partial charge in [-0.05, 0) is 32.0 Å². The van der Waals surface area contributed by atoms with Crippen molar-refractivity contribution >= 4 is 38.1 Å². The highest BCUT2D eigenvalue weighted by Gasteiger charge is 2.22. The first-order chi connectivity index (χ1) is 11.8. The molecule has 1 heterocycles. The summed E-state index contributed by atoms with van der Waals surface area (Å²) in [4.78, 5) is -0.139. The molecule has 1 aliphatic rings. The molecule has 0 spiro atoms. The normalized spacial score (nSPS) is 14.9. The average molecular weight is 426 g/mol. The smallest absolute Gasteiger partial charge is 0.242 e. The summed E-state index contributed by atoms with van der Waals surface area (Å²) in [6.07, 6.45) is 2.71. The van der Waals surface area contributed by atoms with Gasteiger partial charge in [0.25, 0.3) is 0 Å². The minimum Gasteiger partial charge on any atom is -0.497 e. The number of ether oxygens (including phenoxy) is 1. The lowest BCUT2D eigenvalue weighted by Gasteiger charge is -2.17. The zero-order chi connectivity index (χ0) is 18.5. The van der Waals surface area contributed by atoms with Gasteiger partial charge in [-0.25, -0.2) is 21.6 Å². The lowest BCUT2D eigenvalue weighted by Crippen LogP contribution is -2.30. The molecule has 0 saturated heterocycles. The van der Waals surface area contributed by atoms with Crippen molar-refractivity contribution in [3.8, 4) is 5.75 Å². The van der Waals surface area contributed by atoms with Crippen molar-refractivity contribution in [3.63, 3.8) is 0 Å². The van der Waals surface area contributed by atoms with E-state index in [0.717, 1.165) is 18.5 Å². The Kier molecular flexibility index (Phi) is 8.35. The van der Waals surface area contributed by atoms with Gasteiger partial charge in [0, 0.05) is 19.2 Å². The van der Waals surface area contributed by atoms with Crippen LogP contribution in [-0.4, -0.2) is 49.3 Å². The topological polar surface area (TPSA) is 114 Å². The number of rotatable bonds is 8. The highest BCUT2D eigenvalue weighted by Crippen LogP contribution is 2.27. The molecule has 0 atom stereocenters. The summed E-state index contributed by atoms with van der Waals surface area (Å²) in [6, 6.07) is 4.15. The lowest BCUT2D eigenvalue weighted by atomic mass is 10.1. The molecular formula is C15H24ClN3O5S2. The van der Waals surface area contributed by atoms with Gasteiger partial charge >= 0.3 is 0 Å². The molecule has 26 heavy (non-hydrogen) atoms. The minimum absolute atomic E-state index is 0. The fourth-order valence-corrected chi connectivity index (χ4v) is 4.18. The van der Waals surface area contributed by atoms with E-state index in [-0.39, 0.29) is 35.3 Å². The second kappa shape index (κ2) is 9.56. The quantitative estimate of drug-likeness (QED) is 0.537. The minimum atomic E-state index is -3.89. The molecular weight excluding hydrogens is 402 g/mol. The number of hydrogen-bond donors (Lipinski definition) is 3. The predicted octanol–water partition coefficient (Wildman–Crippen LogP) is 1.08. The largest absolute Gasteiger partial charge is 0.497 e. The monoisotopic (exact) mass is 425 g/mol. The van der Waals surface area contributed by atoms with Gasteiger partial charge in [-0.2, -0.15) is 0 Å². The van der Waals surface area contributed by atoms with E-state index in [0.29, 0.717) is 12.3 Å². The molecule has 0 aliphatic carbocycles. The highest BCUT2D eigenvalue weighted by molar-refractivity contribution is 7.93. The number of hydrogen-bond acceptors (Lipinski definition) is 6. The van der Waals surface area contributed by atoms with Crippen LogP contribution in [0.4, 0.5) is 5.69 Å². The number of benzene rings is 1. The Morgan fingerprint density at radius 1 is 1.23 bits per heavy atom. The Labute approximate surface area is 160 Å². The van der Waals surface area contributed by atoms with E-state index in [1.54, 1.807) is 0 Å². The molecule has 0 radical (unpaired) electrons. The Hall–Kier alpha value is -1.33. The molecule has 3 N–H and O–H groups in total. The van der Waals surface area contributed by atoms with E-state index in [1.165, 1.54) is 32.2 Å². The summed E-state index contributed by atoms with van der Waals surface area (Å²) >= 11 is 0. The van der Waals surface area contributed by atoms with Crippen LogP contribution in [0, 0.1) is 0 Å². The van der Waals surface area contributed by atoms with Crippen LogP contribution in [0.15, 0.2) is 34.7 Å². The number of halogens is 1. The van der Waals surface area contributed by atoms with Crippen molar-refractivity contribution in [3.05, 3.63) is 29.8 Å². The van der Waals surface area contributed by atoms with Crippen molar-refractivity contribution in [2.45, 2.75) is 18.2 Å². The Morgan fingerprint density at radius 2 is 1.96 bits per heavy atom. The maximum Gasteiger partial charge on any atom is 0.242 e. The van der Waals surface area contributed by atoms with Crippen LogP contribution in [0.25, 0.3) is 0 Å². The summed E-state index contributed by atoms with van der Waals surface area (Å²) in [5, 5.41) is 3.15. The van der Waals surface area contributed by atoms with Gasteiger partial charge in [0.05, 0.1) is 18.6 Å². The van der Waals surface area contributed by atoms with Crippen LogP contribution in [0.3, 0.4) is 0 Å². The zero-order valence-corrected chi connectivity index (χ0v) is 17.1. The first kappa shape index (κ1) is 22.7. The summed E-state index contributed by atoms with van der Waals surface area (Å²) in [5.74, 6) is 0.186. The van der Waals surface area contributed by atoms with Crippen molar-refractivity contribution in [2.75, 3.05) is 37.2 Å². The number of anilines is 1. The van der Waals surface area contributed by atoms with Gasteiger partial charge < -0.3 is 10.1 Å². The van der Waals surface area contributed by atoms with Gasteiger partial charge in [-0.15, -0.1) is 12.4 Å². The van der Waals surface area contributed by atoms with Crippen LogP contribution < -0.4 is 19.5 Å². The second-order valence-corrected chi connectivity index (χ2v) is 9.25. The summed E-state index contributed by atoms with van der Waals surface area (Å²) in [7, 11) is -6.10. The van der Waals surface area contributed by atoms with E-state index in [2.05, 4.69) is 14.8 Å². The third-order valence-electron chi connectivity index (χ3n) is 3.77. The lowest BCUT2D eigenvalue weighted by molar-refractivity contribution is 0.414. The molecule has 8 nitrogen and oxygen atoms in total. The maximum atomic E-state index is 12.6. The SMILES string of the molecule is CCS(=O)(=O)Nc1cc(OC)ccc1S(=O)(=O)NCC1=CCNCC1.Cl. The fraction of sp³-hybridized carbons (Fsp3) is 0.467. The van der Waals surface area contributed by atoms with Gasteiger partial charge in [-0.3, -0.25) is 4.72 Å². The van der Waals surface area contributed by atoms with Crippen LogP contribution >= 0.6 is 12.4 Å². The first-order valence-corrected chi connectivity index (χ1v) is 11.0. The van der Waals surface area contributed by atoms with Crippen molar-refractivity contribution in [1.82, 2.24) is 10.0 Å². The molecule has 11 heteroatoms. The number of nitrogens with one attached hydrogen (secondary N) is 3. The van der Waals surface area contributed by atoms with Gasteiger partial charge in [0.15, 0.2) is 0 Å². The van der Waals surface area contributed by atoms with Crippen LogP contribution in [-0.2, 0) is 20.0 Å². The second-order valence-electron chi connectivity index (χ2n) is 5.51. The van der Waals surface area contributed by atoms with E-state index in [9.17, 15) is 16.8 Å². The zero-order valence-electron chi connectivity index (χ0n) is 14.6. The van der Waals surface area contributed by atoms with E-state index < -0.39 is 20.0 Å². The summed E-state index contributed by atoms with van der Waals surface area (Å²) < 4.78 is 58.9. The Bertz CT molecular complexity index is 854. The molecule has 0 bridgehead atoms. The van der Waals surface area contributed by atoms with E-state index >= 15 is 0 Å². The van der Waals surface area contributed by atoms with Crippen LogP contribution in [0.5, 0.6) is 5.75 Å². The standard InChI is InChI=1S/C15H23N3O5S2.ClH/c1-3-24(19,20)18-14-10-13(23-2)4-5-15(14)25(21,22)17-11-12-6-8-16-9-7-12;/h4-6,10,16-18H,3,7-9,11H2,1-2H3;1H. The van der Waals surface area contributed by atoms with E-state index in [1.807, 2.05) is 6.08 Å². The molecule has 0 saturated carbocycles. The molecule has 1 aliphatic heterocycles. The molecule has 2 rings (SSSR count). The first-order valence-electron chi connectivity index (χ1n) is 7.84. The fourth-order valence-electron chi connectivity index (χ4n) is 2.29. The molecule has 1 aromatic rings. The highest BCUT2D eigenvalue weighted by atomic mass is 35.5. The van der Waals surface area contributed by atoms with Crippen LogP contribution in [0.1, 0.15) is 13.3 Å². The van der Waals surface area contributed by atoms with Crippen molar-refractivity contribution in [2.24, 2.45) is 0 Å². The maximum absolute atomic E-state index is 12.6. The predicted molar refractivity (Wildman–Crippen MR) is 104 cm³/mol. The Balaban J connectivity index is 0.00000338. The molecule has 1 aromatic carbocycles. The molecule has 0 unspecified atom stereocenters. The van der Waals surface area contributed by atoms with E-state index in [4.69, 9.17) is 4.74 Å². The molecule has 148 valence electrons. The molecule has 0 amide bonds. The van der Waals surface area contributed by atoms with Gasteiger partial charge in [-0.1, -0.05) is 11.6 Å². The summed E-state index contributed by atoms with van der Waals surface area (Å²) in [5.41, 5.74) is 0.958. The van der Waals surface area contributed by atoms with Crippen molar-refractivity contribution < 1.29 is 21.6 Å². The Morgan fingerprint density at radius 3 is 2.54 bits per heavy atom. The summed E-state index contributed by atoms with van der Waals surface area (Å²) in [6.45, 7) is 3.17. The molecule has 0 fully saturated rings. The third kappa shape index (κ3) is 6.13.